The van der Waals surface area contributed by atoms with Crippen molar-refractivity contribution >= 4 is 16.8 Å². The molecule has 2 rings (SSSR count). The molecule has 0 fully saturated rings. The molecule has 0 radical (unpaired) electrons. The van der Waals surface area contributed by atoms with Crippen molar-refractivity contribution in [3.63, 3.8) is 0 Å². The Balaban J connectivity index is 2.34. The summed E-state index contributed by atoms with van der Waals surface area (Å²) in [6, 6.07) is 6.81. The third-order valence-electron chi connectivity index (χ3n) is 3.03. The van der Waals surface area contributed by atoms with Crippen LogP contribution in [-0.2, 0) is 0 Å². The van der Waals surface area contributed by atoms with Crippen LogP contribution in [0.1, 0.15) is 10.4 Å². The Hall–Kier alpha value is -2.34. The van der Waals surface area contributed by atoms with Crippen LogP contribution >= 0.6 is 0 Å². The van der Waals surface area contributed by atoms with Crippen LogP contribution in [0, 0.1) is 0 Å². The SMILES string of the molecule is C[NH+](C)CCNC(=O)c1c(O)c2ccccc2[nH]c1=O. The zero-order valence-electron chi connectivity index (χ0n) is 11.5. The Morgan fingerprint density at radius 1 is 1.35 bits per heavy atom. The van der Waals surface area contributed by atoms with Gasteiger partial charge in [0.1, 0.15) is 11.3 Å². The Labute approximate surface area is 116 Å². The number of para-hydroxylation sites is 1. The van der Waals surface area contributed by atoms with Gasteiger partial charge in [-0.05, 0) is 12.1 Å². The molecular formula is C14H18N3O3+. The van der Waals surface area contributed by atoms with E-state index in [0.29, 0.717) is 17.4 Å². The fourth-order valence-corrected chi connectivity index (χ4v) is 1.95. The molecule has 1 heterocycles. The third kappa shape index (κ3) is 2.80. The summed E-state index contributed by atoms with van der Waals surface area (Å²) in [6.07, 6.45) is 0. The number of aromatic amines is 1. The van der Waals surface area contributed by atoms with E-state index in [0.717, 1.165) is 6.54 Å². The number of carbonyl (C=O) groups is 1. The molecule has 20 heavy (non-hydrogen) atoms. The maximum absolute atomic E-state index is 12.0. The second kappa shape index (κ2) is 5.75. The zero-order chi connectivity index (χ0) is 14.7. The molecule has 0 bridgehead atoms. The molecule has 0 atom stereocenters. The van der Waals surface area contributed by atoms with Crippen molar-refractivity contribution < 1.29 is 14.8 Å². The number of nitrogens with one attached hydrogen (secondary N) is 3. The van der Waals surface area contributed by atoms with E-state index in [1.165, 1.54) is 4.90 Å². The molecule has 1 aromatic carbocycles. The number of rotatable bonds is 4. The van der Waals surface area contributed by atoms with Gasteiger partial charge in [-0.1, -0.05) is 12.1 Å². The molecule has 0 spiro atoms. The van der Waals surface area contributed by atoms with Gasteiger partial charge in [0.25, 0.3) is 11.5 Å². The predicted octanol–water partition coefficient (Wildman–Crippen LogP) is -0.892. The molecule has 4 N–H and O–H groups in total. The van der Waals surface area contributed by atoms with Crippen LogP contribution in [0.3, 0.4) is 0 Å². The number of H-pyrrole nitrogens is 1. The van der Waals surface area contributed by atoms with Crippen LogP contribution in [0.25, 0.3) is 10.9 Å². The van der Waals surface area contributed by atoms with Crippen molar-refractivity contribution in [3.05, 3.63) is 40.2 Å². The standard InChI is InChI=1S/C14H17N3O3/c1-17(2)8-7-15-13(19)11-12(18)9-5-3-4-6-10(9)16-14(11)20/h3-6H,7-8H2,1-2H3,(H,15,19)(H2,16,18,20)/p+1. The van der Waals surface area contributed by atoms with E-state index >= 15 is 0 Å². The minimum Gasteiger partial charge on any atom is -0.506 e. The summed E-state index contributed by atoms with van der Waals surface area (Å²) < 4.78 is 0. The van der Waals surface area contributed by atoms with Crippen molar-refractivity contribution in [2.45, 2.75) is 0 Å². The highest BCUT2D eigenvalue weighted by Crippen LogP contribution is 2.24. The summed E-state index contributed by atoms with van der Waals surface area (Å²) >= 11 is 0. The van der Waals surface area contributed by atoms with E-state index < -0.39 is 11.5 Å². The Morgan fingerprint density at radius 3 is 2.75 bits per heavy atom. The van der Waals surface area contributed by atoms with Crippen LogP contribution in [0.15, 0.2) is 29.1 Å². The molecule has 6 heteroatoms. The van der Waals surface area contributed by atoms with E-state index in [2.05, 4.69) is 10.3 Å². The molecular weight excluding hydrogens is 258 g/mol. The molecule has 0 aliphatic rings. The lowest BCUT2D eigenvalue weighted by atomic mass is 10.1. The molecule has 1 amide bonds. The minimum atomic E-state index is -0.587. The largest absolute Gasteiger partial charge is 0.506 e. The second-order valence-electron chi connectivity index (χ2n) is 4.94. The number of benzene rings is 1. The average Bonchev–Trinajstić information content (AvgIpc) is 2.38. The highest BCUT2D eigenvalue weighted by molar-refractivity contribution is 6.01. The maximum Gasteiger partial charge on any atom is 0.265 e. The molecule has 2 aromatic rings. The minimum absolute atomic E-state index is 0.238. The Kier molecular flexibility index (Phi) is 4.05. The fraction of sp³-hybridized carbons (Fsp3) is 0.286. The van der Waals surface area contributed by atoms with E-state index in [1.54, 1.807) is 24.3 Å². The van der Waals surface area contributed by atoms with E-state index in [9.17, 15) is 14.7 Å². The number of amides is 1. The molecule has 0 saturated carbocycles. The van der Waals surface area contributed by atoms with Gasteiger partial charge in [-0.3, -0.25) is 9.59 Å². The van der Waals surface area contributed by atoms with Crippen LogP contribution in [0.2, 0.25) is 0 Å². The molecule has 6 nitrogen and oxygen atoms in total. The van der Waals surface area contributed by atoms with E-state index in [1.807, 2.05) is 14.1 Å². The molecule has 106 valence electrons. The fourth-order valence-electron chi connectivity index (χ4n) is 1.95. The van der Waals surface area contributed by atoms with E-state index in [-0.39, 0.29) is 11.3 Å². The smallest absolute Gasteiger partial charge is 0.265 e. The van der Waals surface area contributed by atoms with Gasteiger partial charge >= 0.3 is 0 Å². The highest BCUT2D eigenvalue weighted by Gasteiger charge is 2.18. The van der Waals surface area contributed by atoms with Crippen LogP contribution in [0.4, 0.5) is 0 Å². The summed E-state index contributed by atoms with van der Waals surface area (Å²) in [6.45, 7) is 1.17. The van der Waals surface area contributed by atoms with Crippen molar-refractivity contribution in [2.75, 3.05) is 27.2 Å². The number of likely N-dealkylation sites (N-methyl/N-ethyl adjacent to an activating group) is 1. The number of hydrogen-bond acceptors (Lipinski definition) is 3. The summed E-state index contributed by atoms with van der Waals surface area (Å²) in [5, 5.41) is 13.2. The summed E-state index contributed by atoms with van der Waals surface area (Å²) in [5.41, 5.74) is -0.322. The van der Waals surface area contributed by atoms with Crippen molar-refractivity contribution in [3.8, 4) is 5.75 Å². The lowest BCUT2D eigenvalue weighted by Gasteiger charge is -2.10. The van der Waals surface area contributed by atoms with Crippen LogP contribution in [-0.4, -0.2) is 43.2 Å². The van der Waals surface area contributed by atoms with Gasteiger partial charge in [-0.15, -0.1) is 0 Å². The predicted molar refractivity (Wildman–Crippen MR) is 76.2 cm³/mol. The van der Waals surface area contributed by atoms with Gasteiger partial charge < -0.3 is 20.3 Å². The van der Waals surface area contributed by atoms with Gasteiger partial charge in [-0.25, -0.2) is 0 Å². The first kappa shape index (κ1) is 14.1. The highest BCUT2D eigenvalue weighted by atomic mass is 16.3. The number of carbonyl (C=O) groups excluding carboxylic acids is 1. The number of fused-ring (bicyclic) bond motifs is 1. The first-order valence-corrected chi connectivity index (χ1v) is 6.42. The normalized spacial score (nSPS) is 10.9. The van der Waals surface area contributed by atoms with Crippen LogP contribution < -0.4 is 15.8 Å². The molecule has 0 saturated heterocycles. The second-order valence-corrected chi connectivity index (χ2v) is 4.94. The monoisotopic (exact) mass is 276 g/mol. The zero-order valence-corrected chi connectivity index (χ0v) is 11.5. The summed E-state index contributed by atoms with van der Waals surface area (Å²) in [5.74, 6) is -0.838. The topological polar surface area (TPSA) is 86.6 Å². The number of hydrogen-bond donors (Lipinski definition) is 4. The molecule has 0 aliphatic carbocycles. The number of aromatic hydroxyl groups is 1. The van der Waals surface area contributed by atoms with E-state index in [4.69, 9.17) is 0 Å². The number of pyridine rings is 1. The first-order chi connectivity index (χ1) is 9.50. The van der Waals surface area contributed by atoms with Gasteiger partial charge in [0, 0.05) is 5.39 Å². The number of aromatic nitrogens is 1. The van der Waals surface area contributed by atoms with Crippen molar-refractivity contribution in [2.24, 2.45) is 0 Å². The number of quaternary nitrogens is 1. The van der Waals surface area contributed by atoms with Gasteiger partial charge in [0.15, 0.2) is 0 Å². The van der Waals surface area contributed by atoms with Gasteiger partial charge in [0.05, 0.1) is 32.7 Å². The van der Waals surface area contributed by atoms with Crippen molar-refractivity contribution in [1.29, 1.82) is 0 Å². The quantitative estimate of drug-likeness (QED) is 0.584. The Morgan fingerprint density at radius 2 is 2.05 bits per heavy atom. The van der Waals surface area contributed by atoms with Crippen LogP contribution in [0.5, 0.6) is 5.75 Å². The average molecular weight is 276 g/mol. The molecule has 0 unspecified atom stereocenters. The lowest BCUT2D eigenvalue weighted by Crippen LogP contribution is -3.06. The Bertz CT molecular complexity index is 692. The summed E-state index contributed by atoms with van der Waals surface area (Å²) in [7, 11) is 3.93. The molecule has 0 aliphatic heterocycles. The lowest BCUT2D eigenvalue weighted by molar-refractivity contribution is -0.856. The summed E-state index contributed by atoms with van der Waals surface area (Å²) in [4.78, 5) is 27.7. The van der Waals surface area contributed by atoms with Crippen molar-refractivity contribution in [1.82, 2.24) is 10.3 Å². The first-order valence-electron chi connectivity index (χ1n) is 6.42. The van der Waals surface area contributed by atoms with Gasteiger partial charge in [-0.2, -0.15) is 0 Å². The maximum atomic E-state index is 12.0. The van der Waals surface area contributed by atoms with Gasteiger partial charge in [0.2, 0.25) is 0 Å². The molecule has 1 aromatic heterocycles. The third-order valence-corrected chi connectivity index (χ3v) is 3.03.